The first-order valence-corrected chi connectivity index (χ1v) is 11.7. The molecule has 0 saturated heterocycles. The Labute approximate surface area is 192 Å². The number of ketones is 1. The van der Waals surface area contributed by atoms with Gasteiger partial charge in [-0.25, -0.2) is 0 Å². The molecule has 0 heterocycles. The van der Waals surface area contributed by atoms with Gasteiger partial charge in [0.1, 0.15) is 0 Å². The quantitative estimate of drug-likeness (QED) is 0.427. The third kappa shape index (κ3) is 6.22. The Morgan fingerprint density at radius 1 is 1.19 bits per heavy atom. The zero-order valence-corrected chi connectivity index (χ0v) is 20.5. The largest absolute Gasteiger partial charge is 0.504 e. The number of rotatable bonds is 3. The Bertz CT molecular complexity index is 844. The average Bonchev–Trinajstić information content (AvgIpc) is 2.92. The highest BCUT2D eigenvalue weighted by Gasteiger charge is 2.51. The molecule has 0 aromatic rings. The molecule has 0 fully saturated rings. The lowest BCUT2D eigenvalue weighted by molar-refractivity contribution is -0.141. The summed E-state index contributed by atoms with van der Waals surface area (Å²) >= 11 is 0. The topological polar surface area (TPSA) is 83.8 Å². The van der Waals surface area contributed by atoms with Gasteiger partial charge in [-0.3, -0.25) is 9.59 Å². The number of esters is 1. The molecular weight excluding hydrogens is 404 g/mol. The number of carbonyl (C=O) groups is 2. The van der Waals surface area contributed by atoms with Crippen LogP contribution in [0.2, 0.25) is 0 Å². The van der Waals surface area contributed by atoms with Crippen molar-refractivity contribution >= 4 is 11.8 Å². The zero-order chi connectivity index (χ0) is 24.1. The average molecular weight is 445 g/mol. The molecule has 2 aliphatic carbocycles. The summed E-state index contributed by atoms with van der Waals surface area (Å²) in [6.07, 6.45) is 10.3. The maximum Gasteiger partial charge on any atom is 0.302 e. The first kappa shape index (κ1) is 26.1. The van der Waals surface area contributed by atoms with Gasteiger partial charge < -0.3 is 14.9 Å². The van der Waals surface area contributed by atoms with Gasteiger partial charge >= 0.3 is 5.97 Å². The number of hydrogen-bond acceptors (Lipinski definition) is 5. The zero-order valence-electron chi connectivity index (χ0n) is 20.5. The fourth-order valence-electron chi connectivity index (χ4n) is 4.77. The molecule has 0 bridgehead atoms. The number of allylic oxidation sites excluding steroid dienone is 6. The molecular formula is C27H40O5. The SMILES string of the molecule is CC(=O)OCC(C)C1=C(O)C(=O)C2(C)C/C=C(/C)CC/C=C(\C)CCC(O)/C(C)=C\CC12. The number of aliphatic hydroxyl groups is 2. The van der Waals surface area contributed by atoms with Crippen molar-refractivity contribution in [1.29, 1.82) is 0 Å². The van der Waals surface area contributed by atoms with Crippen LogP contribution in [0.1, 0.15) is 80.1 Å². The van der Waals surface area contributed by atoms with Crippen molar-refractivity contribution in [2.45, 2.75) is 86.2 Å². The van der Waals surface area contributed by atoms with Gasteiger partial charge in [-0.2, -0.15) is 0 Å². The molecule has 0 saturated carbocycles. The van der Waals surface area contributed by atoms with E-state index in [4.69, 9.17) is 4.74 Å². The summed E-state index contributed by atoms with van der Waals surface area (Å²) in [5.74, 6) is -1.31. The van der Waals surface area contributed by atoms with Crippen molar-refractivity contribution in [1.82, 2.24) is 0 Å². The molecule has 32 heavy (non-hydrogen) atoms. The monoisotopic (exact) mass is 444 g/mol. The summed E-state index contributed by atoms with van der Waals surface area (Å²) in [6.45, 7) is 11.4. The fourth-order valence-corrected chi connectivity index (χ4v) is 4.77. The maximum atomic E-state index is 13.3. The maximum absolute atomic E-state index is 13.3. The van der Waals surface area contributed by atoms with E-state index in [-0.39, 0.29) is 36.0 Å². The lowest BCUT2D eigenvalue weighted by atomic mass is 9.70. The summed E-state index contributed by atoms with van der Waals surface area (Å²) in [7, 11) is 0. The number of ether oxygens (including phenoxy) is 1. The van der Waals surface area contributed by atoms with Crippen molar-refractivity contribution in [3.63, 3.8) is 0 Å². The van der Waals surface area contributed by atoms with Gasteiger partial charge in [0.05, 0.1) is 12.7 Å². The molecule has 0 aliphatic heterocycles. The molecule has 4 atom stereocenters. The lowest BCUT2D eigenvalue weighted by Gasteiger charge is -2.32. The third-order valence-electron chi connectivity index (χ3n) is 7.14. The molecule has 2 aliphatic rings. The molecule has 5 nitrogen and oxygen atoms in total. The summed E-state index contributed by atoms with van der Waals surface area (Å²) in [5, 5.41) is 21.5. The van der Waals surface area contributed by atoms with Crippen LogP contribution in [-0.2, 0) is 14.3 Å². The molecule has 178 valence electrons. The second-order valence-corrected chi connectivity index (χ2v) is 9.89. The van der Waals surface area contributed by atoms with Crippen molar-refractivity contribution < 1.29 is 24.5 Å². The summed E-state index contributed by atoms with van der Waals surface area (Å²) in [4.78, 5) is 24.6. The van der Waals surface area contributed by atoms with Gasteiger partial charge in [-0.1, -0.05) is 43.2 Å². The first-order valence-electron chi connectivity index (χ1n) is 11.7. The third-order valence-corrected chi connectivity index (χ3v) is 7.14. The molecule has 2 N–H and O–H groups in total. The highest BCUT2D eigenvalue weighted by Crippen LogP contribution is 2.50. The van der Waals surface area contributed by atoms with Crippen LogP contribution in [0.3, 0.4) is 0 Å². The Morgan fingerprint density at radius 3 is 2.50 bits per heavy atom. The minimum Gasteiger partial charge on any atom is -0.504 e. The Morgan fingerprint density at radius 2 is 1.84 bits per heavy atom. The normalized spacial score (nSPS) is 34.1. The standard InChI is InChI=1S/C27H40O5/c1-17-8-7-9-18(2)14-15-27(6)22(12-11-19(3)23(29)13-10-17)24(25(30)26(27)31)20(4)16-32-21(5)28/h8,11,14,20,22-23,29-30H,7,9-10,12-13,15-16H2,1-6H3/b17-8+,18-14-,19-11-. The minimum absolute atomic E-state index is 0.125. The van der Waals surface area contributed by atoms with Crippen molar-refractivity contribution in [2.75, 3.05) is 6.61 Å². The smallest absolute Gasteiger partial charge is 0.302 e. The van der Waals surface area contributed by atoms with Crippen LogP contribution in [0.4, 0.5) is 0 Å². The van der Waals surface area contributed by atoms with Gasteiger partial charge in [0.2, 0.25) is 5.78 Å². The van der Waals surface area contributed by atoms with Crippen molar-refractivity contribution in [3.05, 3.63) is 46.3 Å². The van der Waals surface area contributed by atoms with Crippen LogP contribution in [0.5, 0.6) is 0 Å². The predicted molar refractivity (Wildman–Crippen MR) is 127 cm³/mol. The molecule has 5 heteroatoms. The van der Waals surface area contributed by atoms with Crippen molar-refractivity contribution in [2.24, 2.45) is 17.3 Å². The highest BCUT2D eigenvalue weighted by atomic mass is 16.5. The molecule has 0 spiro atoms. The Kier molecular flexibility index (Phi) is 9.08. The second kappa shape index (κ2) is 11.1. The predicted octanol–water partition coefficient (Wildman–Crippen LogP) is 5.76. The van der Waals surface area contributed by atoms with E-state index < -0.39 is 11.5 Å². The molecule has 0 amide bonds. The molecule has 4 unspecified atom stereocenters. The van der Waals surface area contributed by atoms with Crippen LogP contribution in [0.15, 0.2) is 46.3 Å². The Balaban J connectivity index is 2.45. The summed E-state index contributed by atoms with van der Waals surface area (Å²) in [6, 6.07) is 0. The van der Waals surface area contributed by atoms with Gasteiger partial charge in [0.25, 0.3) is 0 Å². The molecule has 2 rings (SSSR count). The number of hydrogen-bond donors (Lipinski definition) is 2. The first-order chi connectivity index (χ1) is 15.0. The second-order valence-electron chi connectivity index (χ2n) is 9.89. The van der Waals surface area contributed by atoms with E-state index in [2.05, 4.69) is 26.0 Å². The summed E-state index contributed by atoms with van der Waals surface area (Å²) < 4.78 is 5.19. The van der Waals surface area contributed by atoms with E-state index in [0.29, 0.717) is 24.8 Å². The van der Waals surface area contributed by atoms with Crippen LogP contribution < -0.4 is 0 Å². The van der Waals surface area contributed by atoms with Crippen molar-refractivity contribution in [3.8, 4) is 0 Å². The van der Waals surface area contributed by atoms with Gasteiger partial charge in [-0.15, -0.1) is 0 Å². The van der Waals surface area contributed by atoms with E-state index in [1.165, 1.54) is 18.1 Å². The van der Waals surface area contributed by atoms with E-state index in [0.717, 1.165) is 24.8 Å². The number of Topliss-reactive ketones (excluding diaryl/α,β-unsaturated/α-hetero) is 1. The lowest BCUT2D eigenvalue weighted by Crippen LogP contribution is -2.32. The summed E-state index contributed by atoms with van der Waals surface area (Å²) in [5.41, 5.74) is 3.27. The molecule has 0 aromatic heterocycles. The van der Waals surface area contributed by atoms with Crippen LogP contribution in [0, 0.1) is 17.3 Å². The van der Waals surface area contributed by atoms with E-state index >= 15 is 0 Å². The Hall–Kier alpha value is -2.14. The van der Waals surface area contributed by atoms with E-state index in [1.54, 1.807) is 0 Å². The van der Waals surface area contributed by atoms with Crippen LogP contribution >= 0.6 is 0 Å². The highest BCUT2D eigenvalue weighted by molar-refractivity contribution is 6.02. The number of aliphatic hydroxyl groups excluding tert-OH is 2. The van der Waals surface area contributed by atoms with Gasteiger partial charge in [-0.05, 0) is 70.4 Å². The van der Waals surface area contributed by atoms with Crippen LogP contribution in [0.25, 0.3) is 0 Å². The van der Waals surface area contributed by atoms with E-state index in [1.807, 2.05) is 26.8 Å². The van der Waals surface area contributed by atoms with Gasteiger partial charge in [0.15, 0.2) is 5.76 Å². The fraction of sp³-hybridized carbons (Fsp3) is 0.630. The minimum atomic E-state index is -0.779. The number of carbonyl (C=O) groups excluding carboxylic acids is 2. The molecule has 0 radical (unpaired) electrons. The van der Waals surface area contributed by atoms with E-state index in [9.17, 15) is 19.8 Å². The van der Waals surface area contributed by atoms with Gasteiger partial charge in [0, 0.05) is 24.2 Å². The van der Waals surface area contributed by atoms with Crippen LogP contribution in [-0.4, -0.2) is 34.7 Å². The number of fused-ring (bicyclic) bond motifs is 1. The molecule has 0 aromatic carbocycles.